The summed E-state index contributed by atoms with van der Waals surface area (Å²) < 4.78 is 17.9. The molecule has 1 aromatic heterocycles. The number of carbonyl (C=O) groups excluding carboxylic acids is 2. The fraction of sp³-hybridized carbons (Fsp3) is 0.250. The van der Waals surface area contributed by atoms with Crippen LogP contribution in [0.25, 0.3) is 0 Å². The highest BCUT2D eigenvalue weighted by Gasteiger charge is 2.10. The van der Waals surface area contributed by atoms with Gasteiger partial charge >= 0.3 is 0 Å². The molecule has 2 aromatic rings. The Morgan fingerprint density at radius 1 is 1.17 bits per heavy atom. The number of amides is 2. The molecule has 2 amide bonds. The van der Waals surface area contributed by atoms with E-state index in [1.165, 1.54) is 24.3 Å². The Morgan fingerprint density at radius 2 is 1.91 bits per heavy atom. The molecule has 7 heteroatoms. The van der Waals surface area contributed by atoms with Gasteiger partial charge in [-0.1, -0.05) is 0 Å². The van der Waals surface area contributed by atoms with Gasteiger partial charge in [0.15, 0.2) is 0 Å². The first-order chi connectivity index (χ1) is 11.0. The summed E-state index contributed by atoms with van der Waals surface area (Å²) >= 11 is 0. The number of carbonyl (C=O) groups is 2. The first-order valence-corrected chi connectivity index (χ1v) is 7.06. The number of likely N-dealkylation sites (N-methyl/N-ethyl adjacent to an activating group) is 1. The maximum atomic E-state index is 12.8. The molecule has 0 atom stereocenters. The van der Waals surface area contributed by atoms with Gasteiger partial charge in [-0.2, -0.15) is 0 Å². The van der Waals surface area contributed by atoms with Crippen LogP contribution in [0.5, 0.6) is 0 Å². The van der Waals surface area contributed by atoms with Gasteiger partial charge in [0.25, 0.3) is 0 Å². The molecule has 0 bridgehead atoms. The van der Waals surface area contributed by atoms with Crippen LogP contribution in [0, 0.1) is 5.82 Å². The average molecular weight is 319 g/mol. The molecule has 0 aliphatic carbocycles. The molecule has 1 aromatic carbocycles. The molecule has 0 fully saturated rings. The Balaban J connectivity index is 1.69. The molecule has 2 rings (SSSR count). The molecule has 6 nitrogen and oxygen atoms in total. The zero-order valence-electron chi connectivity index (χ0n) is 12.7. The van der Waals surface area contributed by atoms with E-state index in [0.29, 0.717) is 12.2 Å². The van der Waals surface area contributed by atoms with Gasteiger partial charge in [0, 0.05) is 5.69 Å². The first-order valence-electron chi connectivity index (χ1n) is 7.06. The van der Waals surface area contributed by atoms with Crippen molar-refractivity contribution >= 4 is 17.5 Å². The molecule has 0 spiro atoms. The number of hydrogen-bond donors (Lipinski definition) is 2. The molecule has 0 aliphatic rings. The van der Waals surface area contributed by atoms with Crippen LogP contribution in [-0.4, -0.2) is 36.9 Å². The average Bonchev–Trinajstić information content (AvgIpc) is 3.00. The third kappa shape index (κ3) is 5.91. The third-order valence-corrected chi connectivity index (χ3v) is 2.99. The normalized spacial score (nSPS) is 10.6. The van der Waals surface area contributed by atoms with Crippen LogP contribution in [0.3, 0.4) is 0 Å². The fourth-order valence-corrected chi connectivity index (χ4v) is 1.94. The summed E-state index contributed by atoms with van der Waals surface area (Å²) in [6.07, 6.45) is 1.57. The van der Waals surface area contributed by atoms with Crippen molar-refractivity contribution in [2.24, 2.45) is 0 Å². The molecule has 2 N–H and O–H groups in total. The quantitative estimate of drug-likeness (QED) is 0.813. The Bertz CT molecular complexity index is 641. The molecule has 0 unspecified atom stereocenters. The van der Waals surface area contributed by atoms with Gasteiger partial charge in [0.2, 0.25) is 11.8 Å². The van der Waals surface area contributed by atoms with Crippen molar-refractivity contribution in [3.05, 3.63) is 54.2 Å². The van der Waals surface area contributed by atoms with Gasteiger partial charge in [0.05, 0.1) is 25.9 Å². The molecule has 23 heavy (non-hydrogen) atoms. The number of nitrogens with zero attached hydrogens (tertiary/aromatic N) is 1. The lowest BCUT2D eigenvalue weighted by molar-refractivity contribution is -0.124. The largest absolute Gasteiger partial charge is 0.468 e. The van der Waals surface area contributed by atoms with Crippen molar-refractivity contribution in [2.75, 3.05) is 25.5 Å². The third-order valence-electron chi connectivity index (χ3n) is 2.99. The van der Waals surface area contributed by atoms with Gasteiger partial charge in [-0.15, -0.1) is 0 Å². The van der Waals surface area contributed by atoms with Crippen LogP contribution in [0.2, 0.25) is 0 Å². The molecule has 0 aliphatic heterocycles. The summed E-state index contributed by atoms with van der Waals surface area (Å²) in [5, 5.41) is 5.09. The highest BCUT2D eigenvalue weighted by atomic mass is 19.1. The summed E-state index contributed by atoms with van der Waals surface area (Å²) in [7, 11) is 1.78. The van der Waals surface area contributed by atoms with Crippen LogP contribution in [0.1, 0.15) is 5.76 Å². The van der Waals surface area contributed by atoms with E-state index < -0.39 is 0 Å². The number of nitrogens with one attached hydrogen (secondary N) is 2. The number of furan rings is 1. The van der Waals surface area contributed by atoms with Gasteiger partial charge in [-0.25, -0.2) is 4.39 Å². The standard InChI is InChI=1S/C16H18FN3O3/c1-20(10-14-3-2-8-23-14)11-16(22)18-9-15(21)19-13-6-4-12(17)5-7-13/h2-8H,9-11H2,1H3,(H,18,22)(H,19,21). The SMILES string of the molecule is CN(CC(=O)NCC(=O)Nc1ccc(F)cc1)Cc1ccco1. The smallest absolute Gasteiger partial charge is 0.243 e. The highest BCUT2D eigenvalue weighted by Crippen LogP contribution is 2.07. The maximum absolute atomic E-state index is 12.8. The van der Waals surface area contributed by atoms with E-state index in [-0.39, 0.29) is 30.7 Å². The lowest BCUT2D eigenvalue weighted by Crippen LogP contribution is -2.39. The molecule has 0 saturated heterocycles. The van der Waals surface area contributed by atoms with Crippen LogP contribution < -0.4 is 10.6 Å². The van der Waals surface area contributed by atoms with E-state index >= 15 is 0 Å². The number of halogens is 1. The minimum absolute atomic E-state index is 0.143. The predicted molar refractivity (Wildman–Crippen MR) is 83.1 cm³/mol. The monoisotopic (exact) mass is 319 g/mol. The van der Waals surface area contributed by atoms with Gasteiger partial charge < -0.3 is 15.1 Å². The van der Waals surface area contributed by atoms with E-state index in [1.807, 2.05) is 6.07 Å². The van der Waals surface area contributed by atoms with E-state index in [0.717, 1.165) is 5.76 Å². The maximum Gasteiger partial charge on any atom is 0.243 e. The first kappa shape index (κ1) is 16.7. The van der Waals surface area contributed by atoms with Crippen LogP contribution in [0.4, 0.5) is 10.1 Å². The molecular formula is C16H18FN3O3. The summed E-state index contributed by atoms with van der Waals surface area (Å²) in [6, 6.07) is 9.00. The van der Waals surface area contributed by atoms with E-state index in [2.05, 4.69) is 10.6 Å². The van der Waals surface area contributed by atoms with Crippen LogP contribution in [0.15, 0.2) is 47.1 Å². The van der Waals surface area contributed by atoms with Crippen molar-refractivity contribution in [3.63, 3.8) is 0 Å². The van der Waals surface area contributed by atoms with Crippen molar-refractivity contribution in [1.29, 1.82) is 0 Å². The topological polar surface area (TPSA) is 74.6 Å². The molecule has 122 valence electrons. The van der Waals surface area contributed by atoms with Crippen molar-refractivity contribution in [2.45, 2.75) is 6.54 Å². The number of hydrogen-bond acceptors (Lipinski definition) is 4. The number of rotatable bonds is 7. The Morgan fingerprint density at radius 3 is 2.57 bits per heavy atom. The Kier molecular flexibility index (Phi) is 5.87. The molecule has 0 saturated carbocycles. The molecular weight excluding hydrogens is 301 g/mol. The summed E-state index contributed by atoms with van der Waals surface area (Å²) in [5.74, 6) is -0.266. The fourth-order valence-electron chi connectivity index (χ4n) is 1.94. The minimum Gasteiger partial charge on any atom is -0.468 e. The van der Waals surface area contributed by atoms with Crippen molar-refractivity contribution < 1.29 is 18.4 Å². The Labute approximate surface area is 133 Å². The zero-order chi connectivity index (χ0) is 16.7. The number of benzene rings is 1. The van der Waals surface area contributed by atoms with Crippen molar-refractivity contribution in [3.8, 4) is 0 Å². The van der Waals surface area contributed by atoms with Crippen LogP contribution in [-0.2, 0) is 16.1 Å². The zero-order valence-corrected chi connectivity index (χ0v) is 12.7. The minimum atomic E-state index is -0.379. The predicted octanol–water partition coefficient (Wildman–Crippen LogP) is 1.61. The van der Waals surface area contributed by atoms with Gasteiger partial charge in [-0.3, -0.25) is 14.5 Å². The van der Waals surface area contributed by atoms with Gasteiger partial charge in [0.1, 0.15) is 11.6 Å². The van der Waals surface area contributed by atoms with Gasteiger partial charge in [-0.05, 0) is 43.4 Å². The van der Waals surface area contributed by atoms with E-state index in [9.17, 15) is 14.0 Å². The second kappa shape index (κ2) is 8.09. The lowest BCUT2D eigenvalue weighted by Gasteiger charge is -2.14. The number of anilines is 1. The second-order valence-electron chi connectivity index (χ2n) is 5.08. The molecule has 0 radical (unpaired) electrons. The summed E-state index contributed by atoms with van der Waals surface area (Å²) in [4.78, 5) is 25.2. The summed E-state index contributed by atoms with van der Waals surface area (Å²) in [5.41, 5.74) is 0.473. The van der Waals surface area contributed by atoms with Crippen molar-refractivity contribution in [1.82, 2.24) is 10.2 Å². The Hall–Kier alpha value is -2.67. The highest BCUT2D eigenvalue weighted by molar-refractivity contribution is 5.94. The molecule has 1 heterocycles. The lowest BCUT2D eigenvalue weighted by atomic mass is 10.3. The second-order valence-corrected chi connectivity index (χ2v) is 5.08. The summed E-state index contributed by atoms with van der Waals surface area (Å²) in [6.45, 7) is 0.498. The van der Waals surface area contributed by atoms with E-state index in [4.69, 9.17) is 4.42 Å². The van der Waals surface area contributed by atoms with E-state index in [1.54, 1.807) is 24.3 Å². The van der Waals surface area contributed by atoms with Crippen LogP contribution >= 0.6 is 0 Å².